The van der Waals surface area contributed by atoms with Gasteiger partial charge in [-0.2, -0.15) is 0 Å². The molecule has 0 spiro atoms. The fourth-order valence-electron chi connectivity index (χ4n) is 1.84. The summed E-state index contributed by atoms with van der Waals surface area (Å²) in [4.78, 5) is 11.9. The topological polar surface area (TPSA) is 87.0 Å². The van der Waals surface area contributed by atoms with Gasteiger partial charge in [-0.25, -0.2) is 0 Å². The molecule has 0 aliphatic carbocycles. The monoisotopic (exact) mass is 224 g/mol. The van der Waals surface area contributed by atoms with E-state index in [-0.39, 0.29) is 35.2 Å². The van der Waals surface area contributed by atoms with Gasteiger partial charge in [0.25, 0.3) is 0 Å². The van der Waals surface area contributed by atoms with Gasteiger partial charge in [-0.15, -0.1) is 0 Å². The van der Waals surface area contributed by atoms with Crippen LogP contribution < -0.4 is 4.74 Å². The molecule has 0 bridgehead atoms. The Hall–Kier alpha value is -1.75. The Morgan fingerprint density at radius 1 is 1.38 bits per heavy atom. The van der Waals surface area contributed by atoms with Crippen molar-refractivity contribution in [3.05, 3.63) is 17.7 Å². The maximum atomic E-state index is 11.9. The molecule has 0 aromatic heterocycles. The van der Waals surface area contributed by atoms with Gasteiger partial charge in [-0.05, 0) is 6.92 Å². The van der Waals surface area contributed by atoms with E-state index in [2.05, 4.69) is 0 Å². The third-order valence-corrected chi connectivity index (χ3v) is 2.73. The molecule has 86 valence electrons. The molecular weight excluding hydrogens is 212 g/mol. The van der Waals surface area contributed by atoms with E-state index in [1.54, 1.807) is 6.92 Å². The highest BCUT2D eigenvalue weighted by Crippen LogP contribution is 2.39. The highest BCUT2D eigenvalue weighted by Gasteiger charge is 2.36. The van der Waals surface area contributed by atoms with Crippen LogP contribution in [0.15, 0.2) is 12.1 Å². The molecule has 0 saturated carbocycles. The number of Topliss-reactive ketones (excluding diaryl/α,β-unsaturated/α-hetero) is 1. The summed E-state index contributed by atoms with van der Waals surface area (Å²) < 4.78 is 5.37. The number of carbonyl (C=O) groups excluding carboxylic acids is 1. The van der Waals surface area contributed by atoms with Gasteiger partial charge in [0.2, 0.25) is 0 Å². The molecule has 1 heterocycles. The van der Waals surface area contributed by atoms with E-state index < -0.39 is 12.0 Å². The zero-order valence-electron chi connectivity index (χ0n) is 8.67. The Morgan fingerprint density at radius 2 is 2.06 bits per heavy atom. The van der Waals surface area contributed by atoms with Crippen LogP contribution in [0.4, 0.5) is 0 Å². The standard InChI is InChI=1S/C11H12O5/c1-5-7(4-12)11(15)10-8(14)2-6(13)3-9(10)16-5/h2-3,5,7,12-14H,4H2,1H3. The van der Waals surface area contributed by atoms with Gasteiger partial charge in [0, 0.05) is 12.1 Å². The molecule has 3 N–H and O–H groups in total. The number of aliphatic hydroxyl groups is 1. The smallest absolute Gasteiger partial charge is 0.179 e. The summed E-state index contributed by atoms with van der Waals surface area (Å²) in [6.45, 7) is 1.32. The lowest BCUT2D eigenvalue weighted by Gasteiger charge is -2.29. The molecule has 16 heavy (non-hydrogen) atoms. The van der Waals surface area contributed by atoms with E-state index in [0.29, 0.717) is 0 Å². The van der Waals surface area contributed by atoms with Crippen LogP contribution in [0, 0.1) is 5.92 Å². The first kappa shape index (κ1) is 10.8. The summed E-state index contributed by atoms with van der Waals surface area (Å²) in [7, 11) is 0. The Morgan fingerprint density at radius 3 is 2.69 bits per heavy atom. The van der Waals surface area contributed by atoms with Crippen molar-refractivity contribution in [3.63, 3.8) is 0 Å². The number of rotatable bonds is 1. The van der Waals surface area contributed by atoms with Crippen molar-refractivity contribution in [2.75, 3.05) is 6.61 Å². The number of hydrogen-bond acceptors (Lipinski definition) is 5. The molecular formula is C11H12O5. The van der Waals surface area contributed by atoms with Gasteiger partial charge < -0.3 is 20.1 Å². The van der Waals surface area contributed by atoms with Crippen LogP contribution in [0.5, 0.6) is 17.2 Å². The van der Waals surface area contributed by atoms with Crippen molar-refractivity contribution >= 4 is 5.78 Å². The number of hydrogen-bond donors (Lipinski definition) is 3. The Bertz CT molecular complexity index is 440. The Labute approximate surface area is 91.9 Å². The lowest BCUT2D eigenvalue weighted by molar-refractivity contribution is 0.0549. The number of phenols is 2. The molecule has 5 nitrogen and oxygen atoms in total. The summed E-state index contributed by atoms with van der Waals surface area (Å²) in [6.07, 6.45) is -0.480. The maximum absolute atomic E-state index is 11.9. The molecule has 1 aromatic carbocycles. The number of carbonyl (C=O) groups is 1. The summed E-state index contributed by atoms with van der Waals surface area (Å²) in [5, 5.41) is 27.9. The van der Waals surface area contributed by atoms with E-state index in [0.717, 1.165) is 6.07 Å². The molecule has 2 rings (SSSR count). The van der Waals surface area contributed by atoms with Gasteiger partial charge >= 0.3 is 0 Å². The molecule has 5 heteroatoms. The van der Waals surface area contributed by atoms with Crippen molar-refractivity contribution in [1.29, 1.82) is 0 Å². The molecule has 2 atom stereocenters. The second-order valence-electron chi connectivity index (χ2n) is 3.81. The molecule has 0 amide bonds. The van der Waals surface area contributed by atoms with Gasteiger partial charge in [0.15, 0.2) is 5.78 Å². The number of fused-ring (bicyclic) bond motifs is 1. The SMILES string of the molecule is CC1Oc2cc(O)cc(O)c2C(=O)C1CO. The minimum atomic E-state index is -0.678. The van der Waals surface area contributed by atoms with E-state index in [4.69, 9.17) is 9.84 Å². The molecule has 1 aromatic rings. The van der Waals surface area contributed by atoms with Crippen molar-refractivity contribution in [1.82, 2.24) is 0 Å². The average Bonchev–Trinajstić information content (AvgIpc) is 2.15. The van der Waals surface area contributed by atoms with Crippen molar-refractivity contribution < 1.29 is 24.9 Å². The van der Waals surface area contributed by atoms with Gasteiger partial charge in [0.05, 0.1) is 12.5 Å². The predicted molar refractivity (Wildman–Crippen MR) is 54.8 cm³/mol. The van der Waals surface area contributed by atoms with Crippen LogP contribution in [0.25, 0.3) is 0 Å². The first-order chi connectivity index (χ1) is 7.54. The maximum Gasteiger partial charge on any atom is 0.179 e. The Balaban J connectivity index is 2.55. The van der Waals surface area contributed by atoms with Crippen LogP contribution in [0.1, 0.15) is 17.3 Å². The first-order valence-electron chi connectivity index (χ1n) is 4.92. The third kappa shape index (κ3) is 1.49. The molecule has 1 aliphatic heterocycles. The molecule has 0 saturated heterocycles. The van der Waals surface area contributed by atoms with Gasteiger partial charge in [-0.1, -0.05) is 0 Å². The second-order valence-corrected chi connectivity index (χ2v) is 3.81. The fourth-order valence-corrected chi connectivity index (χ4v) is 1.84. The number of ketones is 1. The number of benzene rings is 1. The third-order valence-electron chi connectivity index (χ3n) is 2.73. The van der Waals surface area contributed by atoms with Crippen LogP contribution in [-0.2, 0) is 0 Å². The second kappa shape index (κ2) is 3.68. The van der Waals surface area contributed by atoms with Crippen LogP contribution in [0.2, 0.25) is 0 Å². The van der Waals surface area contributed by atoms with Gasteiger partial charge in [0.1, 0.15) is 28.9 Å². The van der Waals surface area contributed by atoms with E-state index >= 15 is 0 Å². The molecule has 0 radical (unpaired) electrons. The van der Waals surface area contributed by atoms with E-state index in [1.165, 1.54) is 6.07 Å². The minimum absolute atomic E-state index is 0.0231. The average molecular weight is 224 g/mol. The summed E-state index contributed by atoms with van der Waals surface area (Å²) in [5.74, 6) is -1.39. The number of ether oxygens (including phenoxy) is 1. The van der Waals surface area contributed by atoms with Crippen LogP contribution >= 0.6 is 0 Å². The zero-order valence-corrected chi connectivity index (χ0v) is 8.67. The fraction of sp³-hybridized carbons (Fsp3) is 0.364. The summed E-state index contributed by atoms with van der Waals surface area (Å²) in [6, 6.07) is 2.35. The lowest BCUT2D eigenvalue weighted by Crippen LogP contribution is -2.37. The molecule has 1 aliphatic rings. The first-order valence-corrected chi connectivity index (χ1v) is 4.92. The quantitative estimate of drug-likeness (QED) is 0.652. The summed E-state index contributed by atoms with van der Waals surface area (Å²) in [5.41, 5.74) is 0.0231. The van der Waals surface area contributed by atoms with Crippen LogP contribution in [0.3, 0.4) is 0 Å². The zero-order chi connectivity index (χ0) is 11.9. The highest BCUT2D eigenvalue weighted by atomic mass is 16.5. The van der Waals surface area contributed by atoms with E-state index in [1.807, 2.05) is 0 Å². The number of phenolic OH excluding ortho intramolecular Hbond substituents is 2. The highest BCUT2D eigenvalue weighted by molar-refractivity contribution is 6.04. The van der Waals surface area contributed by atoms with Crippen molar-refractivity contribution in [2.24, 2.45) is 5.92 Å². The van der Waals surface area contributed by atoms with Crippen molar-refractivity contribution in [3.8, 4) is 17.2 Å². The molecule has 0 fully saturated rings. The van der Waals surface area contributed by atoms with Crippen LogP contribution in [-0.4, -0.2) is 33.8 Å². The normalized spacial score (nSPS) is 23.8. The largest absolute Gasteiger partial charge is 0.508 e. The number of aromatic hydroxyl groups is 2. The number of aliphatic hydroxyl groups excluding tert-OH is 1. The van der Waals surface area contributed by atoms with Crippen molar-refractivity contribution in [2.45, 2.75) is 13.0 Å². The predicted octanol–water partition coefficient (Wildman–Crippen LogP) is 0.670. The Kier molecular flexibility index (Phi) is 2.47. The van der Waals surface area contributed by atoms with E-state index in [9.17, 15) is 15.0 Å². The lowest BCUT2D eigenvalue weighted by atomic mass is 9.90. The minimum Gasteiger partial charge on any atom is -0.508 e. The molecule has 2 unspecified atom stereocenters. The summed E-state index contributed by atoms with van der Waals surface area (Å²) >= 11 is 0. The van der Waals surface area contributed by atoms with Gasteiger partial charge in [-0.3, -0.25) is 4.79 Å².